The number of thioether (sulfide) groups is 1. The van der Waals surface area contributed by atoms with E-state index in [4.69, 9.17) is 4.74 Å². The van der Waals surface area contributed by atoms with E-state index in [2.05, 4.69) is 51.6 Å². The van der Waals surface area contributed by atoms with E-state index < -0.39 is 0 Å². The number of ether oxygens (including phenoxy) is 1. The summed E-state index contributed by atoms with van der Waals surface area (Å²) < 4.78 is 7.90. The number of nitrogens with zero attached hydrogens (tertiary/aromatic N) is 4. The van der Waals surface area contributed by atoms with Crippen LogP contribution in [0.4, 0.5) is 0 Å². The van der Waals surface area contributed by atoms with E-state index in [0.29, 0.717) is 18.9 Å². The predicted octanol–water partition coefficient (Wildman–Crippen LogP) is 3.07. The van der Waals surface area contributed by atoms with Crippen molar-refractivity contribution in [1.29, 1.82) is 0 Å². The van der Waals surface area contributed by atoms with Crippen LogP contribution < -0.4 is 5.32 Å². The zero-order chi connectivity index (χ0) is 22.2. The number of nitrogens with one attached hydrogen (secondary N) is 1. The van der Waals surface area contributed by atoms with Crippen LogP contribution in [-0.2, 0) is 22.6 Å². The summed E-state index contributed by atoms with van der Waals surface area (Å²) in [6.45, 7) is 6.62. The molecular weight excluding hydrogens is 422 g/mol. The van der Waals surface area contributed by atoms with E-state index in [-0.39, 0.29) is 12.0 Å². The molecular formula is C24H29N5O2S. The van der Waals surface area contributed by atoms with Gasteiger partial charge in [0, 0.05) is 38.3 Å². The highest BCUT2D eigenvalue weighted by atomic mass is 32.2. The monoisotopic (exact) mass is 451 g/mol. The van der Waals surface area contributed by atoms with Crippen molar-refractivity contribution in [2.75, 3.05) is 32.0 Å². The minimum Gasteiger partial charge on any atom is -0.374 e. The third-order valence-electron chi connectivity index (χ3n) is 5.40. The topological polar surface area (TPSA) is 72.3 Å². The molecule has 0 bridgehead atoms. The van der Waals surface area contributed by atoms with Crippen molar-refractivity contribution in [3.63, 3.8) is 0 Å². The Bertz CT molecular complexity index is 996. The molecule has 3 aromatic rings. The fourth-order valence-corrected chi connectivity index (χ4v) is 4.61. The van der Waals surface area contributed by atoms with Gasteiger partial charge < -0.3 is 14.6 Å². The Morgan fingerprint density at radius 3 is 2.62 bits per heavy atom. The number of carbonyl (C=O) groups is 1. The van der Waals surface area contributed by atoms with Crippen LogP contribution in [0.25, 0.3) is 11.4 Å². The van der Waals surface area contributed by atoms with Crippen molar-refractivity contribution in [1.82, 2.24) is 25.0 Å². The van der Waals surface area contributed by atoms with Crippen LogP contribution in [0.2, 0.25) is 0 Å². The summed E-state index contributed by atoms with van der Waals surface area (Å²) in [7, 11) is 0. The molecule has 1 aliphatic heterocycles. The van der Waals surface area contributed by atoms with Gasteiger partial charge in [-0.15, -0.1) is 10.2 Å². The van der Waals surface area contributed by atoms with Crippen molar-refractivity contribution in [2.24, 2.45) is 0 Å². The lowest BCUT2D eigenvalue weighted by Crippen LogP contribution is -2.47. The molecule has 1 atom stereocenters. The van der Waals surface area contributed by atoms with Gasteiger partial charge in [-0.25, -0.2) is 0 Å². The average Bonchev–Trinajstić information content (AvgIpc) is 3.26. The maximum atomic E-state index is 12.4. The van der Waals surface area contributed by atoms with Crippen LogP contribution in [0.3, 0.4) is 0 Å². The van der Waals surface area contributed by atoms with Gasteiger partial charge in [-0.2, -0.15) is 0 Å². The van der Waals surface area contributed by atoms with E-state index >= 15 is 0 Å². The summed E-state index contributed by atoms with van der Waals surface area (Å²) >= 11 is 1.41. The number of aromatic nitrogens is 3. The van der Waals surface area contributed by atoms with Gasteiger partial charge in [-0.1, -0.05) is 72.4 Å². The maximum Gasteiger partial charge on any atom is 0.230 e. The van der Waals surface area contributed by atoms with Gasteiger partial charge in [0.25, 0.3) is 0 Å². The molecule has 1 saturated heterocycles. The summed E-state index contributed by atoms with van der Waals surface area (Å²) in [6, 6.07) is 20.4. The maximum absolute atomic E-state index is 12.4. The number of hydrogen-bond acceptors (Lipinski definition) is 6. The number of morpholine rings is 1. The number of benzene rings is 2. The highest BCUT2D eigenvalue weighted by molar-refractivity contribution is 7.99. The predicted molar refractivity (Wildman–Crippen MR) is 126 cm³/mol. The van der Waals surface area contributed by atoms with Crippen molar-refractivity contribution >= 4 is 17.7 Å². The molecule has 1 N–H and O–H groups in total. The van der Waals surface area contributed by atoms with Gasteiger partial charge in [0.2, 0.25) is 5.91 Å². The lowest BCUT2D eigenvalue weighted by Gasteiger charge is -2.33. The summed E-state index contributed by atoms with van der Waals surface area (Å²) in [5.74, 6) is 1.10. The standard InChI is InChI=1S/C24H29N5O2S/c1-2-29-23(20-11-7-4-8-12-20)26-27-24(29)32-18-22(30)25-15-21-17-28(13-14-31-21)16-19-9-5-3-6-10-19/h3-12,21H,2,13-18H2,1H3,(H,25,30). The molecule has 168 valence electrons. The van der Waals surface area contributed by atoms with E-state index in [0.717, 1.165) is 42.7 Å². The summed E-state index contributed by atoms with van der Waals surface area (Å²) in [5, 5.41) is 12.4. The summed E-state index contributed by atoms with van der Waals surface area (Å²) in [4.78, 5) is 14.8. The second-order valence-corrected chi connectivity index (χ2v) is 8.67. The fourth-order valence-electron chi connectivity index (χ4n) is 3.78. The molecule has 4 rings (SSSR count). The van der Waals surface area contributed by atoms with Gasteiger partial charge in [0.05, 0.1) is 18.5 Å². The molecule has 1 fully saturated rings. The Labute approximate surface area is 193 Å². The first-order chi connectivity index (χ1) is 15.7. The molecule has 1 aliphatic rings. The van der Waals surface area contributed by atoms with Crippen LogP contribution in [-0.4, -0.2) is 63.7 Å². The molecule has 1 amide bonds. The summed E-state index contributed by atoms with van der Waals surface area (Å²) in [6.07, 6.45) is 0.00499. The highest BCUT2D eigenvalue weighted by Gasteiger charge is 2.21. The zero-order valence-electron chi connectivity index (χ0n) is 18.3. The lowest BCUT2D eigenvalue weighted by atomic mass is 10.2. The van der Waals surface area contributed by atoms with Crippen LogP contribution >= 0.6 is 11.8 Å². The van der Waals surface area contributed by atoms with Crippen molar-refractivity contribution in [3.05, 3.63) is 66.2 Å². The zero-order valence-corrected chi connectivity index (χ0v) is 19.1. The van der Waals surface area contributed by atoms with Gasteiger partial charge in [0.15, 0.2) is 11.0 Å². The average molecular weight is 452 g/mol. The second-order valence-electron chi connectivity index (χ2n) is 7.72. The third-order valence-corrected chi connectivity index (χ3v) is 6.36. The van der Waals surface area contributed by atoms with Crippen molar-refractivity contribution in [2.45, 2.75) is 31.3 Å². The van der Waals surface area contributed by atoms with Gasteiger partial charge in [0.1, 0.15) is 0 Å². The second kappa shape index (κ2) is 11.3. The van der Waals surface area contributed by atoms with Gasteiger partial charge >= 0.3 is 0 Å². The Morgan fingerprint density at radius 1 is 1.12 bits per heavy atom. The molecule has 0 aliphatic carbocycles. The lowest BCUT2D eigenvalue weighted by molar-refractivity contribution is -0.119. The number of hydrogen-bond donors (Lipinski definition) is 1. The van der Waals surface area contributed by atoms with Crippen LogP contribution in [0.15, 0.2) is 65.8 Å². The SMILES string of the molecule is CCn1c(SCC(=O)NCC2CN(Cc3ccccc3)CCO2)nnc1-c1ccccc1. The van der Waals surface area contributed by atoms with Crippen LogP contribution in [0.5, 0.6) is 0 Å². The van der Waals surface area contributed by atoms with E-state index in [9.17, 15) is 4.79 Å². The molecule has 1 aromatic heterocycles. The number of carbonyl (C=O) groups excluding carboxylic acids is 1. The number of amides is 1. The summed E-state index contributed by atoms with van der Waals surface area (Å²) in [5.41, 5.74) is 2.32. The van der Waals surface area contributed by atoms with E-state index in [1.54, 1.807) is 0 Å². The van der Waals surface area contributed by atoms with Crippen LogP contribution in [0, 0.1) is 0 Å². The first-order valence-corrected chi connectivity index (χ1v) is 12.0. The van der Waals surface area contributed by atoms with Gasteiger partial charge in [-0.05, 0) is 12.5 Å². The molecule has 7 nitrogen and oxygen atoms in total. The molecule has 0 radical (unpaired) electrons. The first kappa shape index (κ1) is 22.5. The molecule has 0 saturated carbocycles. The van der Waals surface area contributed by atoms with Crippen molar-refractivity contribution < 1.29 is 9.53 Å². The highest BCUT2D eigenvalue weighted by Crippen LogP contribution is 2.23. The van der Waals surface area contributed by atoms with Crippen LogP contribution in [0.1, 0.15) is 12.5 Å². The molecule has 2 heterocycles. The molecule has 2 aromatic carbocycles. The quantitative estimate of drug-likeness (QED) is 0.504. The molecule has 1 unspecified atom stereocenters. The smallest absolute Gasteiger partial charge is 0.230 e. The largest absolute Gasteiger partial charge is 0.374 e. The number of rotatable bonds is 9. The minimum atomic E-state index is -0.0225. The fraction of sp³-hybridized carbons (Fsp3) is 0.375. The molecule has 32 heavy (non-hydrogen) atoms. The van der Waals surface area contributed by atoms with Gasteiger partial charge in [-0.3, -0.25) is 9.69 Å². The van der Waals surface area contributed by atoms with Crippen molar-refractivity contribution in [3.8, 4) is 11.4 Å². The van der Waals surface area contributed by atoms with E-state index in [1.807, 2.05) is 41.0 Å². The third kappa shape index (κ3) is 5.97. The molecule has 8 heteroatoms. The van der Waals surface area contributed by atoms with E-state index in [1.165, 1.54) is 17.3 Å². The Hall–Kier alpha value is -2.68. The normalized spacial score (nSPS) is 16.7. The first-order valence-electron chi connectivity index (χ1n) is 11.0. The minimum absolute atomic E-state index is 0.00499. The molecule has 0 spiro atoms. The Kier molecular flexibility index (Phi) is 7.92. The Balaban J connectivity index is 1.24. The Morgan fingerprint density at radius 2 is 1.88 bits per heavy atom.